The smallest absolute Gasteiger partial charge is 0.127 e. The molecular formula is C14H19F2N. The van der Waals surface area contributed by atoms with Crippen LogP contribution >= 0.6 is 0 Å². The molecule has 0 amide bonds. The summed E-state index contributed by atoms with van der Waals surface area (Å²) >= 11 is 0. The molecule has 0 saturated carbocycles. The number of halogens is 2. The molecule has 1 fully saturated rings. The monoisotopic (exact) mass is 239 g/mol. The van der Waals surface area contributed by atoms with Crippen molar-refractivity contribution in [1.29, 1.82) is 0 Å². The van der Waals surface area contributed by atoms with Crippen LogP contribution < -0.4 is 5.32 Å². The predicted octanol–water partition coefficient (Wildman–Crippen LogP) is 3.24. The van der Waals surface area contributed by atoms with Gasteiger partial charge in [-0.1, -0.05) is 13.8 Å². The van der Waals surface area contributed by atoms with Crippen LogP contribution in [-0.4, -0.2) is 13.1 Å². The van der Waals surface area contributed by atoms with Gasteiger partial charge in [0.25, 0.3) is 0 Å². The maximum atomic E-state index is 14.0. The molecule has 1 aromatic carbocycles. The van der Waals surface area contributed by atoms with Crippen molar-refractivity contribution in [3.8, 4) is 0 Å². The highest BCUT2D eigenvalue weighted by Gasteiger charge is 2.38. The van der Waals surface area contributed by atoms with Crippen LogP contribution in [0.25, 0.3) is 0 Å². The minimum atomic E-state index is -0.347. The van der Waals surface area contributed by atoms with Gasteiger partial charge in [-0.2, -0.15) is 0 Å². The molecule has 0 spiro atoms. The lowest BCUT2D eigenvalue weighted by molar-refractivity contribution is 0.220. The summed E-state index contributed by atoms with van der Waals surface area (Å²) in [6.45, 7) is 5.92. The maximum absolute atomic E-state index is 14.0. The fourth-order valence-corrected chi connectivity index (χ4v) is 2.91. The Bertz CT molecular complexity index is 395. The first-order valence-electron chi connectivity index (χ1n) is 6.22. The van der Waals surface area contributed by atoms with E-state index in [4.69, 9.17) is 0 Å². The number of hydrogen-bond donors (Lipinski definition) is 1. The number of nitrogens with one attached hydrogen (secondary N) is 1. The van der Waals surface area contributed by atoms with Gasteiger partial charge < -0.3 is 5.32 Å². The Balaban J connectivity index is 2.48. The summed E-state index contributed by atoms with van der Waals surface area (Å²) in [7, 11) is 0. The summed E-state index contributed by atoms with van der Waals surface area (Å²) in [5.41, 5.74) is 0.325. The molecule has 0 aromatic heterocycles. The molecule has 17 heavy (non-hydrogen) atoms. The SMILES string of the molecule is CC(C)C1(c2cc(F)ccc2F)CCNCC1. The lowest BCUT2D eigenvalue weighted by Crippen LogP contribution is -2.44. The Morgan fingerprint density at radius 1 is 1.18 bits per heavy atom. The second-order valence-corrected chi connectivity index (χ2v) is 5.19. The van der Waals surface area contributed by atoms with E-state index in [2.05, 4.69) is 19.2 Å². The molecule has 3 heteroatoms. The number of benzene rings is 1. The quantitative estimate of drug-likeness (QED) is 0.835. The average Bonchev–Trinajstić information content (AvgIpc) is 2.33. The molecule has 1 aliphatic heterocycles. The zero-order chi connectivity index (χ0) is 12.5. The van der Waals surface area contributed by atoms with Crippen LogP contribution in [0, 0.1) is 17.6 Å². The Labute approximate surface area is 101 Å². The Kier molecular flexibility index (Phi) is 3.48. The molecule has 1 N–H and O–H groups in total. The van der Waals surface area contributed by atoms with Crippen molar-refractivity contribution >= 4 is 0 Å². The van der Waals surface area contributed by atoms with Crippen LogP contribution in [0.15, 0.2) is 18.2 Å². The van der Waals surface area contributed by atoms with Gasteiger partial charge in [-0.05, 0) is 55.6 Å². The molecular weight excluding hydrogens is 220 g/mol. The average molecular weight is 239 g/mol. The van der Waals surface area contributed by atoms with Crippen LogP contribution in [0.2, 0.25) is 0 Å². The molecule has 1 heterocycles. The van der Waals surface area contributed by atoms with Gasteiger partial charge in [0.15, 0.2) is 0 Å². The van der Waals surface area contributed by atoms with Gasteiger partial charge in [0.05, 0.1) is 0 Å². The number of rotatable bonds is 2. The van der Waals surface area contributed by atoms with Gasteiger partial charge in [0.1, 0.15) is 11.6 Å². The fourth-order valence-electron chi connectivity index (χ4n) is 2.91. The standard InChI is InChI=1S/C14H19F2N/c1-10(2)14(5-7-17-8-6-14)12-9-11(15)3-4-13(12)16/h3-4,9-10,17H,5-8H2,1-2H3. The lowest BCUT2D eigenvalue weighted by atomic mass is 9.66. The fraction of sp³-hybridized carbons (Fsp3) is 0.571. The zero-order valence-electron chi connectivity index (χ0n) is 10.4. The van der Waals surface area contributed by atoms with Crippen molar-refractivity contribution < 1.29 is 8.78 Å². The second kappa shape index (κ2) is 4.73. The van der Waals surface area contributed by atoms with Crippen molar-refractivity contribution in [2.45, 2.75) is 32.1 Å². The zero-order valence-corrected chi connectivity index (χ0v) is 10.4. The molecule has 1 aliphatic rings. The maximum Gasteiger partial charge on any atom is 0.127 e. The Hall–Kier alpha value is -0.960. The molecule has 1 aromatic rings. The van der Waals surface area contributed by atoms with Crippen molar-refractivity contribution in [3.05, 3.63) is 35.4 Å². The molecule has 0 radical (unpaired) electrons. The van der Waals surface area contributed by atoms with Crippen LogP contribution in [0.5, 0.6) is 0 Å². The van der Waals surface area contributed by atoms with E-state index >= 15 is 0 Å². The molecule has 94 valence electrons. The largest absolute Gasteiger partial charge is 0.317 e. The highest BCUT2D eigenvalue weighted by Crippen LogP contribution is 2.41. The van der Waals surface area contributed by atoms with Crippen molar-refractivity contribution in [1.82, 2.24) is 5.32 Å². The van der Waals surface area contributed by atoms with E-state index in [0.29, 0.717) is 11.5 Å². The topological polar surface area (TPSA) is 12.0 Å². The summed E-state index contributed by atoms with van der Waals surface area (Å²) < 4.78 is 27.3. The van der Waals surface area contributed by atoms with Gasteiger partial charge >= 0.3 is 0 Å². The normalized spacial score (nSPS) is 19.6. The molecule has 0 atom stereocenters. The molecule has 0 bridgehead atoms. The summed E-state index contributed by atoms with van der Waals surface area (Å²) in [4.78, 5) is 0. The van der Waals surface area contributed by atoms with E-state index in [9.17, 15) is 8.78 Å². The molecule has 2 rings (SSSR count). The molecule has 0 aliphatic carbocycles. The molecule has 1 nitrogen and oxygen atoms in total. The Morgan fingerprint density at radius 2 is 1.82 bits per heavy atom. The third-order valence-electron chi connectivity index (χ3n) is 4.07. The highest BCUT2D eigenvalue weighted by molar-refractivity contribution is 5.29. The van der Waals surface area contributed by atoms with Crippen molar-refractivity contribution in [3.63, 3.8) is 0 Å². The Morgan fingerprint density at radius 3 is 2.41 bits per heavy atom. The van der Waals surface area contributed by atoms with Crippen LogP contribution in [0.3, 0.4) is 0 Å². The minimum Gasteiger partial charge on any atom is -0.317 e. The minimum absolute atomic E-state index is 0.225. The van der Waals surface area contributed by atoms with Crippen LogP contribution in [0.4, 0.5) is 8.78 Å². The van der Waals surface area contributed by atoms with Crippen molar-refractivity contribution in [2.24, 2.45) is 5.92 Å². The summed E-state index contributed by atoms with van der Waals surface area (Å²) in [6, 6.07) is 3.81. The number of hydrogen-bond acceptors (Lipinski definition) is 1. The lowest BCUT2D eigenvalue weighted by Gasteiger charge is -2.42. The van der Waals surface area contributed by atoms with Crippen LogP contribution in [0.1, 0.15) is 32.3 Å². The number of piperidine rings is 1. The third kappa shape index (κ3) is 2.21. The van der Waals surface area contributed by atoms with E-state index < -0.39 is 0 Å². The van der Waals surface area contributed by atoms with E-state index in [1.807, 2.05) is 0 Å². The summed E-state index contributed by atoms with van der Waals surface area (Å²) in [5.74, 6) is -0.317. The highest BCUT2D eigenvalue weighted by atomic mass is 19.1. The first-order valence-corrected chi connectivity index (χ1v) is 6.22. The van der Waals surface area contributed by atoms with Gasteiger partial charge in [-0.15, -0.1) is 0 Å². The van der Waals surface area contributed by atoms with Gasteiger partial charge in [0.2, 0.25) is 0 Å². The van der Waals surface area contributed by atoms with E-state index in [1.165, 1.54) is 18.2 Å². The van der Waals surface area contributed by atoms with Gasteiger partial charge in [-0.25, -0.2) is 8.78 Å². The van der Waals surface area contributed by atoms with Gasteiger partial charge in [0, 0.05) is 5.41 Å². The summed E-state index contributed by atoms with van der Waals surface area (Å²) in [6.07, 6.45) is 1.73. The first kappa shape index (κ1) is 12.5. The molecule has 0 unspecified atom stereocenters. The van der Waals surface area contributed by atoms with E-state index in [-0.39, 0.29) is 17.0 Å². The predicted molar refractivity (Wildman–Crippen MR) is 65.0 cm³/mol. The summed E-state index contributed by atoms with van der Waals surface area (Å²) in [5, 5.41) is 3.28. The van der Waals surface area contributed by atoms with E-state index in [0.717, 1.165) is 25.9 Å². The van der Waals surface area contributed by atoms with Crippen molar-refractivity contribution in [2.75, 3.05) is 13.1 Å². The van der Waals surface area contributed by atoms with Gasteiger partial charge in [-0.3, -0.25) is 0 Å². The second-order valence-electron chi connectivity index (χ2n) is 5.19. The van der Waals surface area contributed by atoms with Crippen LogP contribution in [-0.2, 0) is 5.41 Å². The third-order valence-corrected chi connectivity index (χ3v) is 4.07. The first-order chi connectivity index (χ1) is 8.06. The molecule has 1 saturated heterocycles. The van der Waals surface area contributed by atoms with E-state index in [1.54, 1.807) is 0 Å².